The Bertz CT molecular complexity index is 458. The first-order chi connectivity index (χ1) is 9.38. The second kappa shape index (κ2) is 8.52. The number of unbranched alkanes of at least 4 members (excludes halogenated alkanes) is 1. The number of aliphatic hydroxyl groups is 1. The molecule has 19 heavy (non-hydrogen) atoms. The molecule has 0 aromatic carbocycles. The molecule has 2 aromatic heterocycles. The topological polar surface area (TPSA) is 58.0 Å². The van der Waals surface area contributed by atoms with Crippen LogP contribution in [0.25, 0.3) is 0 Å². The van der Waals surface area contributed by atoms with E-state index in [2.05, 4.69) is 33.0 Å². The van der Waals surface area contributed by atoms with Crippen molar-refractivity contribution in [2.45, 2.75) is 23.6 Å². The van der Waals surface area contributed by atoms with Gasteiger partial charge in [-0.3, -0.25) is 0 Å². The van der Waals surface area contributed by atoms with Crippen LogP contribution < -0.4 is 5.32 Å². The van der Waals surface area contributed by atoms with E-state index in [9.17, 15) is 0 Å². The molecule has 2 heterocycles. The zero-order valence-electron chi connectivity index (χ0n) is 10.5. The monoisotopic (exact) mass is 315 g/mol. The van der Waals surface area contributed by atoms with Crippen molar-refractivity contribution in [3.05, 3.63) is 22.4 Å². The van der Waals surface area contributed by atoms with E-state index < -0.39 is 0 Å². The van der Waals surface area contributed by atoms with Crippen molar-refractivity contribution >= 4 is 39.6 Å². The predicted molar refractivity (Wildman–Crippen MR) is 83.5 cm³/mol. The molecule has 104 valence electrons. The average molecular weight is 315 g/mol. The van der Waals surface area contributed by atoms with E-state index in [0.717, 1.165) is 41.0 Å². The summed E-state index contributed by atoms with van der Waals surface area (Å²) in [6.07, 6.45) is 2.90. The number of nitrogens with zero attached hydrogens (tertiary/aromatic N) is 2. The number of aliphatic hydroxyl groups excluding tert-OH is 1. The zero-order valence-corrected chi connectivity index (χ0v) is 13.0. The van der Waals surface area contributed by atoms with Gasteiger partial charge in [0.15, 0.2) is 4.34 Å². The highest BCUT2D eigenvalue weighted by Gasteiger charge is 2.04. The summed E-state index contributed by atoms with van der Waals surface area (Å²) in [6.45, 7) is 1.16. The van der Waals surface area contributed by atoms with Gasteiger partial charge in [0.2, 0.25) is 5.13 Å². The molecule has 0 saturated heterocycles. The number of aromatic nitrogens is 2. The summed E-state index contributed by atoms with van der Waals surface area (Å²) in [5.74, 6) is 0.990. The number of rotatable bonds is 9. The van der Waals surface area contributed by atoms with Gasteiger partial charge in [0.25, 0.3) is 0 Å². The predicted octanol–water partition coefficient (Wildman–Crippen LogP) is 3.12. The SMILES string of the molecule is OCCCCSc1nnc(NCCc2cccs2)s1. The number of thiophene rings is 1. The third-order valence-electron chi connectivity index (χ3n) is 2.41. The van der Waals surface area contributed by atoms with Gasteiger partial charge in [0.1, 0.15) is 0 Å². The van der Waals surface area contributed by atoms with Crippen LogP contribution in [0.1, 0.15) is 17.7 Å². The molecule has 0 saturated carbocycles. The molecule has 0 amide bonds. The molecular formula is C12H17N3OS3. The van der Waals surface area contributed by atoms with Crippen molar-refractivity contribution in [1.29, 1.82) is 0 Å². The Balaban J connectivity index is 1.65. The standard InChI is InChI=1S/C12H17N3OS3/c16-7-1-2-8-18-12-15-14-11(19-12)13-6-5-10-4-3-9-17-10/h3-4,9,16H,1-2,5-8H2,(H,13,14). The van der Waals surface area contributed by atoms with Crippen LogP contribution in [-0.4, -0.2) is 34.2 Å². The first kappa shape index (κ1) is 14.8. The van der Waals surface area contributed by atoms with Gasteiger partial charge in [-0.25, -0.2) is 0 Å². The summed E-state index contributed by atoms with van der Waals surface area (Å²) < 4.78 is 0.997. The Morgan fingerprint density at radius 3 is 3.05 bits per heavy atom. The Kier molecular flexibility index (Phi) is 6.63. The quantitative estimate of drug-likeness (QED) is 0.550. The second-order valence-corrected chi connectivity index (χ2v) is 7.26. The summed E-state index contributed by atoms with van der Waals surface area (Å²) >= 11 is 5.09. The molecule has 0 fully saturated rings. The summed E-state index contributed by atoms with van der Waals surface area (Å²) in [4.78, 5) is 1.38. The molecule has 0 spiro atoms. The van der Waals surface area contributed by atoms with Crippen molar-refractivity contribution in [3.8, 4) is 0 Å². The van der Waals surface area contributed by atoms with E-state index in [0.29, 0.717) is 0 Å². The normalized spacial score (nSPS) is 10.8. The smallest absolute Gasteiger partial charge is 0.206 e. The number of thioether (sulfide) groups is 1. The zero-order chi connectivity index (χ0) is 13.3. The van der Waals surface area contributed by atoms with E-state index >= 15 is 0 Å². The molecule has 4 nitrogen and oxygen atoms in total. The van der Waals surface area contributed by atoms with E-state index in [1.165, 1.54) is 4.88 Å². The van der Waals surface area contributed by atoms with Gasteiger partial charge >= 0.3 is 0 Å². The molecule has 2 aromatic rings. The minimum Gasteiger partial charge on any atom is -0.396 e. The minimum absolute atomic E-state index is 0.270. The molecule has 2 N–H and O–H groups in total. The van der Waals surface area contributed by atoms with Crippen LogP contribution in [0.5, 0.6) is 0 Å². The van der Waals surface area contributed by atoms with E-state index in [-0.39, 0.29) is 6.61 Å². The number of hydrogen-bond acceptors (Lipinski definition) is 7. The van der Waals surface area contributed by atoms with Crippen molar-refractivity contribution in [2.24, 2.45) is 0 Å². The van der Waals surface area contributed by atoms with Gasteiger partial charge in [-0.15, -0.1) is 21.5 Å². The van der Waals surface area contributed by atoms with Crippen molar-refractivity contribution in [3.63, 3.8) is 0 Å². The van der Waals surface area contributed by atoms with Gasteiger partial charge in [0.05, 0.1) is 0 Å². The number of anilines is 1. The largest absolute Gasteiger partial charge is 0.396 e. The lowest BCUT2D eigenvalue weighted by Crippen LogP contribution is -2.03. The summed E-state index contributed by atoms with van der Waals surface area (Å²) in [6, 6.07) is 4.22. The highest BCUT2D eigenvalue weighted by molar-refractivity contribution is 8.01. The second-order valence-electron chi connectivity index (χ2n) is 3.91. The van der Waals surface area contributed by atoms with E-state index in [4.69, 9.17) is 5.11 Å². The Morgan fingerprint density at radius 2 is 2.26 bits per heavy atom. The average Bonchev–Trinajstić information content (AvgIpc) is 3.07. The maximum Gasteiger partial charge on any atom is 0.206 e. The lowest BCUT2D eigenvalue weighted by molar-refractivity contribution is 0.287. The molecule has 0 aliphatic rings. The van der Waals surface area contributed by atoms with Crippen molar-refractivity contribution in [2.75, 3.05) is 24.2 Å². The summed E-state index contributed by atoms with van der Waals surface area (Å²) in [5, 5.41) is 23.3. The van der Waals surface area contributed by atoms with Crippen LogP contribution in [0.4, 0.5) is 5.13 Å². The van der Waals surface area contributed by atoms with Crippen LogP contribution >= 0.6 is 34.4 Å². The summed E-state index contributed by atoms with van der Waals surface area (Å²) in [7, 11) is 0. The van der Waals surface area contributed by atoms with Gasteiger partial charge in [-0.2, -0.15) is 0 Å². The first-order valence-electron chi connectivity index (χ1n) is 6.22. The minimum atomic E-state index is 0.270. The molecule has 0 unspecified atom stereocenters. The summed E-state index contributed by atoms with van der Waals surface area (Å²) in [5.41, 5.74) is 0. The Hall–Kier alpha value is -0.630. The Morgan fingerprint density at radius 1 is 1.32 bits per heavy atom. The van der Waals surface area contributed by atoms with Crippen LogP contribution in [-0.2, 0) is 6.42 Å². The molecule has 2 rings (SSSR count). The van der Waals surface area contributed by atoms with E-state index in [1.807, 2.05) is 0 Å². The van der Waals surface area contributed by atoms with Gasteiger partial charge in [0, 0.05) is 23.8 Å². The van der Waals surface area contributed by atoms with Crippen LogP contribution in [0.2, 0.25) is 0 Å². The molecule has 0 atom stereocenters. The molecule has 0 bridgehead atoms. The van der Waals surface area contributed by atoms with Crippen molar-refractivity contribution in [1.82, 2.24) is 10.2 Å². The lowest BCUT2D eigenvalue weighted by atomic mass is 10.3. The highest BCUT2D eigenvalue weighted by Crippen LogP contribution is 2.26. The first-order valence-corrected chi connectivity index (χ1v) is 8.90. The Labute approximate surface area is 125 Å². The highest BCUT2D eigenvalue weighted by atomic mass is 32.2. The van der Waals surface area contributed by atoms with Crippen LogP contribution in [0.3, 0.4) is 0 Å². The fourth-order valence-corrected chi connectivity index (χ4v) is 4.02. The van der Waals surface area contributed by atoms with Gasteiger partial charge in [-0.05, 0) is 30.7 Å². The maximum atomic E-state index is 8.70. The third-order valence-corrected chi connectivity index (χ3v) is 5.45. The molecule has 0 radical (unpaired) electrons. The van der Waals surface area contributed by atoms with Crippen LogP contribution in [0.15, 0.2) is 21.9 Å². The van der Waals surface area contributed by atoms with Gasteiger partial charge in [-0.1, -0.05) is 29.2 Å². The lowest BCUT2D eigenvalue weighted by Gasteiger charge is -1.99. The molecule has 7 heteroatoms. The fourth-order valence-electron chi connectivity index (χ4n) is 1.46. The van der Waals surface area contributed by atoms with Crippen molar-refractivity contribution < 1.29 is 5.11 Å². The third kappa shape index (κ3) is 5.48. The molecular weight excluding hydrogens is 298 g/mol. The number of hydrogen-bond donors (Lipinski definition) is 2. The maximum absolute atomic E-state index is 8.70. The number of nitrogens with one attached hydrogen (secondary N) is 1. The molecule has 0 aliphatic carbocycles. The van der Waals surface area contributed by atoms with Crippen LogP contribution in [0, 0.1) is 0 Å². The van der Waals surface area contributed by atoms with E-state index in [1.54, 1.807) is 34.4 Å². The fraction of sp³-hybridized carbons (Fsp3) is 0.500. The molecule has 0 aliphatic heterocycles. The van der Waals surface area contributed by atoms with Gasteiger partial charge < -0.3 is 10.4 Å².